The van der Waals surface area contributed by atoms with Crippen LogP contribution in [-0.4, -0.2) is 18.9 Å². The van der Waals surface area contributed by atoms with Gasteiger partial charge in [-0.3, -0.25) is 9.59 Å². The summed E-state index contributed by atoms with van der Waals surface area (Å²) >= 11 is 0. The number of methoxy groups -OCH3 is 1. The molecule has 0 radical (unpaired) electrons. The fourth-order valence-electron chi connectivity index (χ4n) is 4.45. The maximum Gasteiger partial charge on any atom is 0.255 e. The maximum absolute atomic E-state index is 13.3. The Hall–Kier alpha value is -3.60. The Morgan fingerprint density at radius 2 is 1.56 bits per heavy atom. The monoisotopic (exact) mass is 428 g/mol. The van der Waals surface area contributed by atoms with Crippen molar-refractivity contribution in [3.05, 3.63) is 89.5 Å². The van der Waals surface area contributed by atoms with Crippen LogP contribution in [0.1, 0.15) is 47.2 Å². The summed E-state index contributed by atoms with van der Waals surface area (Å²) in [6.07, 6.45) is 3.79. The van der Waals surface area contributed by atoms with Crippen LogP contribution < -0.4 is 15.4 Å². The number of aryl methyl sites for hydroxylation is 1. The van der Waals surface area contributed by atoms with Crippen molar-refractivity contribution < 1.29 is 14.3 Å². The van der Waals surface area contributed by atoms with Crippen molar-refractivity contribution in [3.63, 3.8) is 0 Å². The van der Waals surface area contributed by atoms with Crippen LogP contribution in [0.5, 0.6) is 5.75 Å². The molecule has 3 aromatic carbocycles. The van der Waals surface area contributed by atoms with Crippen LogP contribution in [0, 0.1) is 6.92 Å². The second-order valence-corrected chi connectivity index (χ2v) is 8.34. The number of rotatable bonds is 6. The zero-order chi connectivity index (χ0) is 22.6. The van der Waals surface area contributed by atoms with Crippen molar-refractivity contribution >= 4 is 23.2 Å². The summed E-state index contributed by atoms with van der Waals surface area (Å²) in [5.41, 5.74) is 3.42. The molecule has 1 aliphatic carbocycles. The Balaban J connectivity index is 1.47. The van der Waals surface area contributed by atoms with Gasteiger partial charge in [0.1, 0.15) is 5.75 Å². The molecule has 3 aromatic rings. The number of amides is 2. The van der Waals surface area contributed by atoms with Crippen molar-refractivity contribution in [3.8, 4) is 5.75 Å². The first-order valence-corrected chi connectivity index (χ1v) is 10.9. The van der Waals surface area contributed by atoms with Crippen LogP contribution in [0.3, 0.4) is 0 Å². The predicted octanol–water partition coefficient (Wildman–Crippen LogP) is 5.71. The van der Waals surface area contributed by atoms with Crippen LogP contribution in [-0.2, 0) is 10.2 Å². The number of hydrogen-bond donors (Lipinski definition) is 2. The van der Waals surface area contributed by atoms with E-state index in [1.807, 2.05) is 55.5 Å². The van der Waals surface area contributed by atoms with Crippen LogP contribution in [0.15, 0.2) is 72.8 Å². The van der Waals surface area contributed by atoms with Crippen LogP contribution in [0.4, 0.5) is 11.4 Å². The minimum absolute atomic E-state index is 0.0166. The van der Waals surface area contributed by atoms with Crippen molar-refractivity contribution in [1.82, 2.24) is 0 Å². The van der Waals surface area contributed by atoms with E-state index in [-0.39, 0.29) is 11.8 Å². The van der Waals surface area contributed by atoms with E-state index in [2.05, 4.69) is 10.6 Å². The van der Waals surface area contributed by atoms with E-state index in [4.69, 9.17) is 4.74 Å². The Bertz CT molecular complexity index is 1100. The lowest BCUT2D eigenvalue weighted by atomic mass is 9.78. The molecule has 32 heavy (non-hydrogen) atoms. The number of anilines is 2. The number of carbonyl (C=O) groups is 2. The molecule has 0 aromatic heterocycles. The summed E-state index contributed by atoms with van der Waals surface area (Å²) in [4.78, 5) is 26.0. The second kappa shape index (κ2) is 9.27. The first kappa shape index (κ1) is 21.6. The third kappa shape index (κ3) is 4.37. The Kier molecular flexibility index (Phi) is 6.26. The summed E-state index contributed by atoms with van der Waals surface area (Å²) in [5, 5.41) is 5.97. The molecule has 4 rings (SSSR count). The molecule has 5 nitrogen and oxygen atoms in total. The Labute approximate surface area is 188 Å². The van der Waals surface area contributed by atoms with Crippen LogP contribution in [0.2, 0.25) is 0 Å². The van der Waals surface area contributed by atoms with Gasteiger partial charge in [-0.05, 0) is 67.3 Å². The molecule has 164 valence electrons. The fourth-order valence-corrected chi connectivity index (χ4v) is 4.45. The lowest BCUT2D eigenvalue weighted by Gasteiger charge is -2.28. The summed E-state index contributed by atoms with van der Waals surface area (Å²) in [6, 6.07) is 22.6. The second-order valence-electron chi connectivity index (χ2n) is 8.34. The van der Waals surface area contributed by atoms with Gasteiger partial charge in [-0.25, -0.2) is 0 Å². The number of nitrogens with one attached hydrogen (secondary N) is 2. The highest BCUT2D eigenvalue weighted by Crippen LogP contribution is 2.42. The van der Waals surface area contributed by atoms with Crippen molar-refractivity contribution in [2.75, 3.05) is 17.7 Å². The largest absolute Gasteiger partial charge is 0.495 e. The van der Waals surface area contributed by atoms with E-state index in [9.17, 15) is 9.59 Å². The molecule has 0 saturated heterocycles. The third-order valence-electron chi connectivity index (χ3n) is 6.23. The van der Waals surface area contributed by atoms with Gasteiger partial charge in [-0.15, -0.1) is 0 Å². The highest BCUT2D eigenvalue weighted by Gasteiger charge is 2.42. The maximum atomic E-state index is 13.3. The van der Waals surface area contributed by atoms with Crippen molar-refractivity contribution in [2.24, 2.45) is 0 Å². The first-order chi connectivity index (χ1) is 15.5. The van der Waals surface area contributed by atoms with Gasteiger partial charge in [-0.2, -0.15) is 0 Å². The van der Waals surface area contributed by atoms with Gasteiger partial charge in [0, 0.05) is 11.3 Å². The minimum atomic E-state index is -0.487. The number of ether oxygens (including phenoxy) is 1. The lowest BCUT2D eigenvalue weighted by molar-refractivity contribution is -0.121. The zero-order valence-electron chi connectivity index (χ0n) is 18.5. The molecule has 0 bridgehead atoms. The SMILES string of the molecule is COc1ccc(C)cc1NC(=O)c1ccc(NC(=O)C2(c3ccccc3)CCCC2)cc1. The normalized spacial score (nSPS) is 14.6. The Morgan fingerprint density at radius 3 is 2.22 bits per heavy atom. The van der Waals surface area contributed by atoms with Gasteiger partial charge in [0.05, 0.1) is 18.2 Å². The first-order valence-electron chi connectivity index (χ1n) is 10.9. The molecular formula is C27H28N2O3. The van der Waals surface area contributed by atoms with Crippen LogP contribution >= 0.6 is 0 Å². The van der Waals surface area contributed by atoms with Crippen molar-refractivity contribution in [1.29, 1.82) is 0 Å². The number of carbonyl (C=O) groups excluding carboxylic acids is 2. The topological polar surface area (TPSA) is 67.4 Å². The molecule has 0 unspecified atom stereocenters. The summed E-state index contributed by atoms with van der Waals surface area (Å²) < 4.78 is 5.33. The molecular weight excluding hydrogens is 400 g/mol. The van der Waals surface area contributed by atoms with E-state index < -0.39 is 5.41 Å². The predicted molar refractivity (Wildman–Crippen MR) is 127 cm³/mol. The van der Waals surface area contributed by atoms with E-state index in [0.717, 1.165) is 36.8 Å². The molecule has 2 amide bonds. The minimum Gasteiger partial charge on any atom is -0.495 e. The lowest BCUT2D eigenvalue weighted by Crippen LogP contribution is -2.37. The van der Waals surface area contributed by atoms with Gasteiger partial charge in [0.15, 0.2) is 0 Å². The fraction of sp³-hybridized carbons (Fsp3) is 0.259. The summed E-state index contributed by atoms with van der Waals surface area (Å²) in [5.74, 6) is 0.391. The molecule has 0 heterocycles. The van der Waals surface area contributed by atoms with E-state index >= 15 is 0 Å². The number of benzene rings is 3. The van der Waals surface area contributed by atoms with Gasteiger partial charge in [0.2, 0.25) is 5.91 Å². The van der Waals surface area contributed by atoms with E-state index in [1.165, 1.54) is 0 Å². The average Bonchev–Trinajstić information content (AvgIpc) is 3.32. The van der Waals surface area contributed by atoms with Gasteiger partial charge < -0.3 is 15.4 Å². The number of hydrogen-bond acceptors (Lipinski definition) is 3. The Morgan fingerprint density at radius 1 is 0.875 bits per heavy atom. The van der Waals surface area contributed by atoms with Crippen LogP contribution in [0.25, 0.3) is 0 Å². The average molecular weight is 429 g/mol. The third-order valence-corrected chi connectivity index (χ3v) is 6.23. The smallest absolute Gasteiger partial charge is 0.255 e. The van der Waals surface area contributed by atoms with E-state index in [1.54, 1.807) is 31.4 Å². The molecule has 0 atom stereocenters. The highest BCUT2D eigenvalue weighted by atomic mass is 16.5. The molecule has 1 saturated carbocycles. The quantitative estimate of drug-likeness (QED) is 0.529. The zero-order valence-corrected chi connectivity index (χ0v) is 18.5. The standard InChI is InChI=1S/C27H28N2O3/c1-19-10-15-24(32-2)23(18-19)29-25(30)20-11-13-22(14-12-20)28-26(31)27(16-6-7-17-27)21-8-4-3-5-9-21/h3-5,8-15,18H,6-7,16-17H2,1-2H3,(H,28,31)(H,29,30). The van der Waals surface area contributed by atoms with Gasteiger partial charge in [0.25, 0.3) is 5.91 Å². The van der Waals surface area contributed by atoms with Gasteiger partial charge in [-0.1, -0.05) is 49.2 Å². The molecule has 0 spiro atoms. The molecule has 0 aliphatic heterocycles. The summed E-state index contributed by atoms with van der Waals surface area (Å²) in [7, 11) is 1.57. The highest BCUT2D eigenvalue weighted by molar-refractivity contribution is 6.05. The molecule has 5 heteroatoms. The molecule has 1 aliphatic rings. The van der Waals surface area contributed by atoms with Crippen molar-refractivity contribution in [2.45, 2.75) is 38.0 Å². The molecule has 2 N–H and O–H groups in total. The van der Waals surface area contributed by atoms with Gasteiger partial charge >= 0.3 is 0 Å². The molecule has 1 fully saturated rings. The summed E-state index contributed by atoms with van der Waals surface area (Å²) in [6.45, 7) is 1.96. The van der Waals surface area contributed by atoms with E-state index in [0.29, 0.717) is 22.7 Å².